The Morgan fingerprint density at radius 2 is 2.07 bits per heavy atom. The van der Waals surface area contributed by atoms with Crippen molar-refractivity contribution in [3.63, 3.8) is 0 Å². The van der Waals surface area contributed by atoms with Crippen LogP contribution in [-0.4, -0.2) is 24.1 Å². The number of hydrogen-bond acceptors (Lipinski definition) is 3. The normalized spacial score (nSPS) is 21.1. The summed E-state index contributed by atoms with van der Waals surface area (Å²) in [4.78, 5) is 15.9. The Labute approximate surface area is 161 Å². The number of aromatic nitrogens is 1. The van der Waals surface area contributed by atoms with Crippen LogP contribution in [0.1, 0.15) is 49.0 Å². The minimum atomic E-state index is -4.37. The Hall–Kier alpha value is -1.73. The number of esters is 1. The predicted octanol–water partition coefficient (Wildman–Crippen LogP) is 4.53. The van der Waals surface area contributed by atoms with E-state index in [0.29, 0.717) is 30.5 Å². The Morgan fingerprint density at radius 1 is 1.33 bits per heavy atom. The van der Waals surface area contributed by atoms with Crippen LogP contribution in [0.2, 0.25) is 0 Å². The molecular formula is C19H22ClF3N2O2. The number of H-pyrrole nitrogens is 1. The van der Waals surface area contributed by atoms with Gasteiger partial charge in [0.15, 0.2) is 0 Å². The van der Waals surface area contributed by atoms with Gasteiger partial charge in [0.05, 0.1) is 23.6 Å². The van der Waals surface area contributed by atoms with E-state index in [0.717, 1.165) is 36.6 Å². The molecule has 2 N–H and O–H groups in total. The molecule has 4 rings (SSSR count). The molecule has 0 spiro atoms. The zero-order chi connectivity index (χ0) is 18.5. The Bertz CT molecular complexity index is 858. The first kappa shape index (κ1) is 20.0. The number of alkyl halides is 3. The molecule has 1 aromatic heterocycles. The molecule has 4 nitrogen and oxygen atoms in total. The summed E-state index contributed by atoms with van der Waals surface area (Å²) in [5, 5.41) is 4.01. The third kappa shape index (κ3) is 3.10. The standard InChI is InChI=1S/C19H21F3N2O2.ClH/c1-2-26-17(25)18(7-3-8-18)16-15-12(6-9-23-16)13-10-11(19(20,21)22)4-5-14(13)24-15;/h4-5,10,16,23-24H,2-3,6-9H2,1H3;1H. The lowest BCUT2D eigenvalue weighted by Crippen LogP contribution is -2.51. The lowest BCUT2D eigenvalue weighted by Gasteiger charge is -2.46. The van der Waals surface area contributed by atoms with Crippen molar-refractivity contribution in [2.45, 2.75) is 44.8 Å². The fourth-order valence-electron chi connectivity index (χ4n) is 4.32. The van der Waals surface area contributed by atoms with Crippen LogP contribution in [0, 0.1) is 5.41 Å². The summed E-state index contributed by atoms with van der Waals surface area (Å²) in [6.07, 6.45) is -1.33. The lowest BCUT2D eigenvalue weighted by molar-refractivity contribution is -0.164. The van der Waals surface area contributed by atoms with Crippen LogP contribution in [0.15, 0.2) is 18.2 Å². The quantitative estimate of drug-likeness (QED) is 0.742. The van der Waals surface area contributed by atoms with E-state index in [1.807, 2.05) is 0 Å². The van der Waals surface area contributed by atoms with Crippen LogP contribution in [0.3, 0.4) is 0 Å². The molecule has 1 aliphatic heterocycles. The van der Waals surface area contributed by atoms with Crippen molar-refractivity contribution in [3.8, 4) is 0 Å². The molecule has 0 bridgehead atoms. The summed E-state index contributed by atoms with van der Waals surface area (Å²) in [5.74, 6) is -0.216. The van der Waals surface area contributed by atoms with E-state index in [-0.39, 0.29) is 24.4 Å². The smallest absolute Gasteiger partial charge is 0.416 e. The maximum absolute atomic E-state index is 13.1. The molecule has 148 valence electrons. The van der Waals surface area contributed by atoms with Gasteiger partial charge in [-0.3, -0.25) is 4.79 Å². The molecule has 1 fully saturated rings. The van der Waals surface area contributed by atoms with Crippen LogP contribution in [-0.2, 0) is 22.1 Å². The summed E-state index contributed by atoms with van der Waals surface area (Å²) in [6, 6.07) is 3.54. The van der Waals surface area contributed by atoms with Crippen molar-refractivity contribution in [2.75, 3.05) is 13.2 Å². The van der Waals surface area contributed by atoms with Crippen molar-refractivity contribution in [2.24, 2.45) is 5.41 Å². The Morgan fingerprint density at radius 3 is 2.67 bits per heavy atom. The number of benzene rings is 1. The second kappa shape index (κ2) is 7.02. The van der Waals surface area contributed by atoms with E-state index >= 15 is 0 Å². The number of carbonyl (C=O) groups excluding carboxylic acids is 1. The summed E-state index contributed by atoms with van der Waals surface area (Å²) in [6.45, 7) is 2.73. The van der Waals surface area contributed by atoms with Gasteiger partial charge in [0.25, 0.3) is 0 Å². The summed E-state index contributed by atoms with van der Waals surface area (Å²) in [7, 11) is 0. The molecule has 1 atom stereocenters. The zero-order valence-corrected chi connectivity index (χ0v) is 15.7. The first-order chi connectivity index (χ1) is 12.4. The van der Waals surface area contributed by atoms with Crippen LogP contribution < -0.4 is 5.32 Å². The fraction of sp³-hybridized carbons (Fsp3) is 0.526. The molecule has 1 saturated carbocycles. The summed E-state index contributed by atoms with van der Waals surface area (Å²) < 4.78 is 44.6. The lowest BCUT2D eigenvalue weighted by atomic mass is 9.62. The number of aromatic amines is 1. The number of hydrogen-bond donors (Lipinski definition) is 2. The SMILES string of the molecule is CCOC(=O)C1(C2NCCc3c2[nH]c2ccc(C(F)(F)F)cc32)CCC1.Cl. The maximum Gasteiger partial charge on any atom is 0.416 e. The van der Waals surface area contributed by atoms with Crippen molar-refractivity contribution in [1.29, 1.82) is 0 Å². The molecule has 0 saturated heterocycles. The topological polar surface area (TPSA) is 54.1 Å². The number of nitrogens with one attached hydrogen (secondary N) is 2. The summed E-state index contributed by atoms with van der Waals surface area (Å²) in [5.41, 5.74) is 1.11. The summed E-state index contributed by atoms with van der Waals surface area (Å²) >= 11 is 0. The van der Waals surface area contributed by atoms with E-state index < -0.39 is 17.2 Å². The zero-order valence-electron chi connectivity index (χ0n) is 14.9. The second-order valence-corrected chi connectivity index (χ2v) is 7.14. The largest absolute Gasteiger partial charge is 0.466 e. The monoisotopic (exact) mass is 402 g/mol. The Kier molecular flexibility index (Phi) is 5.20. The molecule has 1 aliphatic carbocycles. The third-order valence-corrected chi connectivity index (χ3v) is 5.76. The first-order valence-electron chi connectivity index (χ1n) is 8.99. The van der Waals surface area contributed by atoms with E-state index in [1.165, 1.54) is 12.1 Å². The van der Waals surface area contributed by atoms with Crippen LogP contribution in [0.4, 0.5) is 13.2 Å². The van der Waals surface area contributed by atoms with Crippen LogP contribution in [0.5, 0.6) is 0 Å². The van der Waals surface area contributed by atoms with Gasteiger partial charge >= 0.3 is 12.1 Å². The average molecular weight is 403 g/mol. The van der Waals surface area contributed by atoms with Gasteiger partial charge in [0.2, 0.25) is 0 Å². The molecule has 2 aromatic rings. The molecule has 1 unspecified atom stereocenters. The van der Waals surface area contributed by atoms with Crippen molar-refractivity contribution >= 4 is 29.3 Å². The van der Waals surface area contributed by atoms with Gasteiger partial charge in [-0.1, -0.05) is 6.42 Å². The molecule has 0 radical (unpaired) electrons. The van der Waals surface area contributed by atoms with Crippen molar-refractivity contribution in [3.05, 3.63) is 35.0 Å². The van der Waals surface area contributed by atoms with Gasteiger partial charge in [-0.25, -0.2) is 0 Å². The number of halogens is 4. The van der Waals surface area contributed by atoms with Crippen LogP contribution in [0.25, 0.3) is 10.9 Å². The molecule has 2 aliphatic rings. The minimum Gasteiger partial charge on any atom is -0.466 e. The number of ether oxygens (including phenoxy) is 1. The molecular weight excluding hydrogens is 381 g/mol. The number of rotatable bonds is 3. The minimum absolute atomic E-state index is 0. The van der Waals surface area contributed by atoms with E-state index in [9.17, 15) is 18.0 Å². The maximum atomic E-state index is 13.1. The predicted molar refractivity (Wildman–Crippen MR) is 97.9 cm³/mol. The van der Waals surface area contributed by atoms with Gasteiger partial charge in [0, 0.05) is 16.6 Å². The Balaban J connectivity index is 0.00000210. The molecule has 0 amide bonds. The van der Waals surface area contributed by atoms with Crippen LogP contribution >= 0.6 is 12.4 Å². The third-order valence-electron chi connectivity index (χ3n) is 5.76. The van der Waals surface area contributed by atoms with E-state index in [2.05, 4.69) is 10.3 Å². The molecule has 2 heterocycles. The van der Waals surface area contributed by atoms with Gasteiger partial charge in [-0.05, 0) is 56.5 Å². The fourth-order valence-corrected chi connectivity index (χ4v) is 4.32. The van der Waals surface area contributed by atoms with Crippen molar-refractivity contribution < 1.29 is 22.7 Å². The number of carbonyl (C=O) groups is 1. The van der Waals surface area contributed by atoms with Gasteiger partial charge < -0.3 is 15.0 Å². The van der Waals surface area contributed by atoms with Crippen molar-refractivity contribution in [1.82, 2.24) is 10.3 Å². The molecule has 1 aromatic carbocycles. The first-order valence-corrected chi connectivity index (χ1v) is 8.99. The van der Waals surface area contributed by atoms with E-state index in [4.69, 9.17) is 4.74 Å². The molecule has 27 heavy (non-hydrogen) atoms. The van der Waals surface area contributed by atoms with Gasteiger partial charge in [-0.15, -0.1) is 12.4 Å². The average Bonchev–Trinajstić information content (AvgIpc) is 2.92. The number of fused-ring (bicyclic) bond motifs is 3. The highest BCUT2D eigenvalue weighted by atomic mass is 35.5. The highest BCUT2D eigenvalue weighted by Gasteiger charge is 2.53. The van der Waals surface area contributed by atoms with Gasteiger partial charge in [0.1, 0.15) is 0 Å². The second-order valence-electron chi connectivity index (χ2n) is 7.14. The van der Waals surface area contributed by atoms with Gasteiger partial charge in [-0.2, -0.15) is 13.2 Å². The highest BCUT2D eigenvalue weighted by molar-refractivity contribution is 5.87. The molecule has 8 heteroatoms. The highest BCUT2D eigenvalue weighted by Crippen LogP contribution is 2.53. The van der Waals surface area contributed by atoms with E-state index in [1.54, 1.807) is 6.92 Å².